The smallest absolute Gasteiger partial charge is 1.00 e. The summed E-state index contributed by atoms with van der Waals surface area (Å²) in [6.45, 7) is 0. The third-order valence-electron chi connectivity index (χ3n) is 0. The van der Waals surface area contributed by atoms with Gasteiger partial charge >= 0.3 is 45.6 Å². The molecule has 0 aliphatic rings. The van der Waals surface area contributed by atoms with Crippen LogP contribution >= 0.6 is 7.82 Å². The van der Waals surface area contributed by atoms with E-state index < -0.39 is 7.82 Å². The second-order valence-electron chi connectivity index (χ2n) is 0.513. The van der Waals surface area contributed by atoms with E-state index in [-0.39, 0.29) is 52.9 Å². The van der Waals surface area contributed by atoms with Gasteiger partial charge in [-0.2, -0.15) is 0 Å². The summed E-state index contributed by atoms with van der Waals surface area (Å²) in [6, 6.07) is 0. The Kier molecular flexibility index (Phi) is 23.6. The second kappa shape index (κ2) is 8.29. The third-order valence-corrected chi connectivity index (χ3v) is 0. The normalized spacial score (nSPS) is 7.38. The molecule has 52 valence electrons. The standard InChI is InChI=1S/Ca.2H3N.H3O4P.2H/c;;;1-5(2,3)4;;/h;2*1H3;(H3,1,2,3,4);;/q+2;;;;2*-1. The topological polar surface area (TPSA) is 148 Å². The first-order chi connectivity index (χ1) is 2.00. The predicted molar refractivity (Wildman–Crippen MR) is 32.3 cm³/mol. The summed E-state index contributed by atoms with van der Waals surface area (Å²) in [5, 5.41) is 0. The molecule has 0 aromatic carbocycles. The molecule has 0 saturated carbocycles. The van der Waals surface area contributed by atoms with E-state index in [1.54, 1.807) is 0 Å². The number of hydrogen-bond acceptors (Lipinski definition) is 3. The maximum absolute atomic E-state index is 8.88. The van der Waals surface area contributed by atoms with Crippen LogP contribution in [-0.2, 0) is 4.57 Å². The van der Waals surface area contributed by atoms with E-state index in [1.807, 2.05) is 0 Å². The van der Waals surface area contributed by atoms with Crippen molar-refractivity contribution < 1.29 is 22.1 Å². The van der Waals surface area contributed by atoms with Gasteiger partial charge in [-0.3, -0.25) is 0 Å². The average Bonchev–Trinajstić information content (AvgIpc) is 0.722. The van der Waals surface area contributed by atoms with Crippen LogP contribution in [0.5, 0.6) is 0 Å². The van der Waals surface area contributed by atoms with Crippen molar-refractivity contribution in [1.82, 2.24) is 12.3 Å². The van der Waals surface area contributed by atoms with E-state index in [0.29, 0.717) is 0 Å². The molecule has 8 heteroatoms. The zero-order valence-corrected chi connectivity index (χ0v) is 7.42. The van der Waals surface area contributed by atoms with Crippen LogP contribution in [0.25, 0.3) is 0 Å². The third kappa shape index (κ3) is 173. The van der Waals surface area contributed by atoms with Gasteiger partial charge in [-0.05, 0) is 0 Å². The van der Waals surface area contributed by atoms with Crippen LogP contribution in [0.3, 0.4) is 0 Å². The van der Waals surface area contributed by atoms with Gasteiger partial charge in [-0.15, -0.1) is 0 Å². The fraction of sp³-hybridized carbons (Fsp3) is 0. The Bertz CT molecular complexity index is 67.4. The first kappa shape index (κ1) is 22.8. The molecule has 0 aliphatic carbocycles. The first-order valence-electron chi connectivity index (χ1n) is 0.783. The van der Waals surface area contributed by atoms with Gasteiger partial charge in [0.2, 0.25) is 0 Å². The van der Waals surface area contributed by atoms with Crippen molar-refractivity contribution in [2.45, 2.75) is 0 Å². The predicted octanol–water partition coefficient (Wildman–Crippen LogP) is -0.760. The molecule has 8 heavy (non-hydrogen) atoms. The van der Waals surface area contributed by atoms with Crippen LogP contribution in [0.15, 0.2) is 0 Å². The van der Waals surface area contributed by atoms with Crippen molar-refractivity contribution in [3.8, 4) is 0 Å². The monoisotopic (exact) mass is 174 g/mol. The molecule has 0 saturated heterocycles. The Balaban J connectivity index is -0.00000000800. The minimum absolute atomic E-state index is 0. The quantitative estimate of drug-likeness (QED) is 0.241. The minimum atomic E-state index is -4.64. The summed E-state index contributed by atoms with van der Waals surface area (Å²) in [4.78, 5) is 21.6. The molecular weight excluding hydrogens is 163 g/mol. The van der Waals surface area contributed by atoms with Crippen molar-refractivity contribution in [2.24, 2.45) is 0 Å². The summed E-state index contributed by atoms with van der Waals surface area (Å²) < 4.78 is 8.88. The average molecular weight is 174 g/mol. The number of rotatable bonds is 0. The molecular formula is H11CaN2O4P. The Morgan fingerprint density at radius 2 is 1.12 bits per heavy atom. The fourth-order valence-electron chi connectivity index (χ4n) is 0. The molecule has 0 rings (SSSR count). The van der Waals surface area contributed by atoms with E-state index in [1.165, 1.54) is 0 Å². The maximum Gasteiger partial charge on any atom is 2.00 e. The van der Waals surface area contributed by atoms with E-state index in [9.17, 15) is 0 Å². The molecule has 0 amide bonds. The van der Waals surface area contributed by atoms with Gasteiger partial charge in [-0.1, -0.05) is 0 Å². The number of phosphoric acid groups is 1. The van der Waals surface area contributed by atoms with Crippen LogP contribution < -0.4 is 12.3 Å². The summed E-state index contributed by atoms with van der Waals surface area (Å²) in [5.74, 6) is 0. The van der Waals surface area contributed by atoms with E-state index in [4.69, 9.17) is 19.2 Å². The zero-order valence-electron chi connectivity index (χ0n) is 6.32. The summed E-state index contributed by atoms with van der Waals surface area (Å²) in [6.07, 6.45) is 0. The molecule has 6 nitrogen and oxygen atoms in total. The summed E-state index contributed by atoms with van der Waals surface area (Å²) in [7, 11) is -4.64. The second-order valence-corrected chi connectivity index (χ2v) is 1.54. The molecule has 0 fully saturated rings. The van der Waals surface area contributed by atoms with Crippen LogP contribution in [0.1, 0.15) is 2.85 Å². The van der Waals surface area contributed by atoms with Crippen molar-refractivity contribution >= 4 is 45.6 Å². The van der Waals surface area contributed by atoms with Crippen molar-refractivity contribution in [3.05, 3.63) is 0 Å². The maximum atomic E-state index is 8.88. The fourth-order valence-corrected chi connectivity index (χ4v) is 0. The molecule has 0 unspecified atom stereocenters. The van der Waals surface area contributed by atoms with E-state index in [0.717, 1.165) is 0 Å². The van der Waals surface area contributed by atoms with Crippen LogP contribution in [0.4, 0.5) is 0 Å². The molecule has 0 heterocycles. The Morgan fingerprint density at radius 1 is 1.12 bits per heavy atom. The first-order valence-corrected chi connectivity index (χ1v) is 2.35. The van der Waals surface area contributed by atoms with E-state index >= 15 is 0 Å². The van der Waals surface area contributed by atoms with Gasteiger partial charge in [0, 0.05) is 0 Å². The molecule has 0 atom stereocenters. The van der Waals surface area contributed by atoms with Crippen molar-refractivity contribution in [3.63, 3.8) is 0 Å². The van der Waals surface area contributed by atoms with Crippen LogP contribution in [0.2, 0.25) is 0 Å². The number of hydrogen-bond donors (Lipinski definition) is 5. The van der Waals surface area contributed by atoms with Crippen molar-refractivity contribution in [2.75, 3.05) is 0 Å². The molecule has 0 spiro atoms. The molecule has 0 aromatic heterocycles. The van der Waals surface area contributed by atoms with E-state index in [2.05, 4.69) is 0 Å². The molecule has 9 N–H and O–H groups in total. The van der Waals surface area contributed by atoms with Gasteiger partial charge in [0.25, 0.3) is 0 Å². The zero-order chi connectivity index (χ0) is 4.50. The van der Waals surface area contributed by atoms with Crippen LogP contribution in [-0.4, -0.2) is 52.4 Å². The summed E-state index contributed by atoms with van der Waals surface area (Å²) >= 11 is 0. The van der Waals surface area contributed by atoms with Gasteiger partial charge < -0.3 is 29.8 Å². The minimum Gasteiger partial charge on any atom is -1.00 e. The SMILES string of the molecule is N.N.O=P(O)(O)O.[Ca+2].[H-].[H-]. The molecule has 0 aliphatic heterocycles. The Hall–Kier alpha value is 1.29. The largest absolute Gasteiger partial charge is 2.00 e. The van der Waals surface area contributed by atoms with Gasteiger partial charge in [-0.25, -0.2) is 4.57 Å². The molecule has 0 aromatic rings. The van der Waals surface area contributed by atoms with Gasteiger partial charge in [0.05, 0.1) is 0 Å². The molecule has 0 radical (unpaired) electrons. The van der Waals surface area contributed by atoms with Crippen LogP contribution in [0, 0.1) is 0 Å². The Labute approximate surface area is 79.7 Å². The van der Waals surface area contributed by atoms with Gasteiger partial charge in [0.1, 0.15) is 0 Å². The summed E-state index contributed by atoms with van der Waals surface area (Å²) in [5.41, 5.74) is 0. The van der Waals surface area contributed by atoms with Crippen molar-refractivity contribution in [1.29, 1.82) is 0 Å². The molecule has 0 bridgehead atoms. The van der Waals surface area contributed by atoms with Gasteiger partial charge in [0.15, 0.2) is 0 Å². The Morgan fingerprint density at radius 3 is 1.12 bits per heavy atom.